The number of rotatable bonds is 9. The number of hydrogen-bond donors (Lipinski definition) is 1. The van der Waals surface area contributed by atoms with E-state index in [9.17, 15) is 0 Å². The molecule has 0 aliphatic rings. The highest BCUT2D eigenvalue weighted by molar-refractivity contribution is 14.0. The van der Waals surface area contributed by atoms with Gasteiger partial charge in [-0.1, -0.05) is 5.16 Å². The largest absolute Gasteiger partial charge is 0.497 e. The average molecular weight is 502 g/mol. The third-order valence-electron chi connectivity index (χ3n) is 4.26. The molecule has 0 amide bonds. The van der Waals surface area contributed by atoms with E-state index < -0.39 is 0 Å². The highest BCUT2D eigenvalue weighted by Gasteiger charge is 2.09. The Morgan fingerprint density at radius 3 is 2.46 bits per heavy atom. The molecule has 0 unspecified atom stereocenters. The highest BCUT2D eigenvalue weighted by Crippen LogP contribution is 2.17. The lowest BCUT2D eigenvalue weighted by Crippen LogP contribution is -2.41. The van der Waals surface area contributed by atoms with Crippen molar-refractivity contribution in [3.8, 4) is 11.5 Å². The van der Waals surface area contributed by atoms with Crippen molar-refractivity contribution >= 4 is 29.9 Å². The molecule has 1 aromatic carbocycles. The number of likely N-dealkylation sites (N-methyl/N-ethyl adjacent to an activating group) is 1. The fourth-order valence-corrected chi connectivity index (χ4v) is 2.68. The van der Waals surface area contributed by atoms with Gasteiger partial charge in [0, 0.05) is 25.7 Å². The second-order valence-corrected chi connectivity index (χ2v) is 6.23. The molecule has 156 valence electrons. The summed E-state index contributed by atoms with van der Waals surface area (Å²) in [5.74, 6) is 3.38. The average Bonchev–Trinajstić information content (AvgIpc) is 2.99. The van der Waals surface area contributed by atoms with Crippen molar-refractivity contribution in [2.75, 3.05) is 40.4 Å². The molecule has 0 saturated carbocycles. The molecule has 0 radical (unpaired) electrons. The zero-order valence-corrected chi connectivity index (χ0v) is 19.6. The highest BCUT2D eigenvalue weighted by atomic mass is 127. The SMILES string of the molecule is CCNC(=NCCc1c(C)noc1C)N(C)CCOc1ccc(OC)cc1.I. The van der Waals surface area contributed by atoms with Crippen molar-refractivity contribution in [1.82, 2.24) is 15.4 Å². The maximum Gasteiger partial charge on any atom is 0.193 e. The van der Waals surface area contributed by atoms with E-state index in [0.717, 1.165) is 54.0 Å². The zero-order chi connectivity index (χ0) is 19.6. The molecule has 2 aromatic rings. The molecule has 7 nitrogen and oxygen atoms in total. The Labute approximate surface area is 184 Å². The first kappa shape index (κ1) is 24.1. The zero-order valence-electron chi connectivity index (χ0n) is 17.3. The Morgan fingerprint density at radius 1 is 1.21 bits per heavy atom. The summed E-state index contributed by atoms with van der Waals surface area (Å²) in [6, 6.07) is 7.59. The third-order valence-corrected chi connectivity index (χ3v) is 4.26. The van der Waals surface area contributed by atoms with Crippen LogP contribution in [0.3, 0.4) is 0 Å². The number of benzene rings is 1. The monoisotopic (exact) mass is 502 g/mol. The second-order valence-electron chi connectivity index (χ2n) is 6.23. The van der Waals surface area contributed by atoms with E-state index in [1.807, 2.05) is 45.2 Å². The Hall–Kier alpha value is -1.97. The fourth-order valence-electron chi connectivity index (χ4n) is 2.68. The molecule has 8 heteroatoms. The molecule has 0 aliphatic heterocycles. The fraction of sp³-hybridized carbons (Fsp3) is 0.500. The third kappa shape index (κ3) is 7.21. The number of aromatic nitrogens is 1. The number of halogens is 1. The van der Waals surface area contributed by atoms with Gasteiger partial charge in [0.15, 0.2) is 5.96 Å². The number of aryl methyl sites for hydroxylation is 2. The summed E-state index contributed by atoms with van der Waals surface area (Å²) in [4.78, 5) is 6.78. The summed E-state index contributed by atoms with van der Waals surface area (Å²) in [5, 5.41) is 7.31. The summed E-state index contributed by atoms with van der Waals surface area (Å²) < 4.78 is 16.2. The van der Waals surface area contributed by atoms with Crippen LogP contribution in [-0.4, -0.2) is 56.4 Å². The first-order chi connectivity index (χ1) is 13.0. The first-order valence-electron chi connectivity index (χ1n) is 9.23. The maximum atomic E-state index is 5.80. The van der Waals surface area contributed by atoms with Crippen molar-refractivity contribution < 1.29 is 14.0 Å². The topological polar surface area (TPSA) is 72.1 Å². The van der Waals surface area contributed by atoms with E-state index in [4.69, 9.17) is 19.0 Å². The van der Waals surface area contributed by atoms with E-state index in [-0.39, 0.29) is 24.0 Å². The Balaban J connectivity index is 0.00000392. The Bertz CT molecular complexity index is 712. The van der Waals surface area contributed by atoms with Crippen LogP contribution in [0.5, 0.6) is 11.5 Å². The molecular formula is C20H31IN4O3. The number of hydrogen-bond acceptors (Lipinski definition) is 5. The van der Waals surface area contributed by atoms with Crippen LogP contribution in [0.1, 0.15) is 23.9 Å². The van der Waals surface area contributed by atoms with Crippen molar-refractivity contribution in [3.05, 3.63) is 41.3 Å². The van der Waals surface area contributed by atoms with E-state index in [2.05, 4.69) is 22.3 Å². The van der Waals surface area contributed by atoms with Crippen LogP contribution >= 0.6 is 24.0 Å². The molecule has 0 aliphatic carbocycles. The van der Waals surface area contributed by atoms with Gasteiger partial charge in [0.25, 0.3) is 0 Å². The number of ether oxygens (including phenoxy) is 2. The Kier molecular flexibility index (Phi) is 10.7. The maximum absolute atomic E-state index is 5.80. The van der Waals surface area contributed by atoms with Crippen LogP contribution in [0.4, 0.5) is 0 Å². The number of guanidine groups is 1. The minimum absolute atomic E-state index is 0. The number of methoxy groups -OCH3 is 1. The van der Waals surface area contributed by atoms with Gasteiger partial charge >= 0.3 is 0 Å². The number of nitrogens with one attached hydrogen (secondary N) is 1. The quantitative estimate of drug-likeness (QED) is 0.322. The van der Waals surface area contributed by atoms with Gasteiger partial charge in [-0.2, -0.15) is 0 Å². The summed E-state index contributed by atoms with van der Waals surface area (Å²) in [6.07, 6.45) is 0.812. The molecule has 0 atom stereocenters. The number of nitrogens with zero attached hydrogens (tertiary/aromatic N) is 3. The normalized spacial score (nSPS) is 11.0. The lowest BCUT2D eigenvalue weighted by atomic mass is 10.1. The van der Waals surface area contributed by atoms with Crippen LogP contribution in [0, 0.1) is 13.8 Å². The molecule has 1 aromatic heterocycles. The number of aliphatic imine (C=N–C) groups is 1. The molecule has 0 fully saturated rings. The summed E-state index contributed by atoms with van der Waals surface area (Å²) in [5.41, 5.74) is 2.08. The molecule has 0 spiro atoms. The van der Waals surface area contributed by atoms with Gasteiger partial charge in [-0.15, -0.1) is 24.0 Å². The summed E-state index contributed by atoms with van der Waals surface area (Å²) in [7, 11) is 3.66. The minimum Gasteiger partial charge on any atom is -0.497 e. The van der Waals surface area contributed by atoms with E-state index in [1.54, 1.807) is 7.11 Å². The van der Waals surface area contributed by atoms with Gasteiger partial charge in [0.1, 0.15) is 23.9 Å². The lowest BCUT2D eigenvalue weighted by Gasteiger charge is -2.22. The predicted octanol–water partition coefficient (Wildman–Crippen LogP) is 3.44. The standard InChI is InChI=1S/C20H30N4O3.HI/c1-6-21-20(22-12-11-19-15(2)23-27-16(19)3)24(4)13-14-26-18-9-7-17(25-5)8-10-18;/h7-10H,6,11-14H2,1-5H3,(H,21,22);1H. The molecule has 0 saturated heterocycles. The van der Waals surface area contributed by atoms with Gasteiger partial charge in [-0.25, -0.2) is 0 Å². The van der Waals surface area contributed by atoms with Gasteiger partial charge in [0.2, 0.25) is 0 Å². The van der Waals surface area contributed by atoms with Gasteiger partial charge in [0.05, 0.1) is 19.3 Å². The molecule has 0 bridgehead atoms. The lowest BCUT2D eigenvalue weighted by molar-refractivity contribution is 0.281. The molecular weight excluding hydrogens is 471 g/mol. The smallest absolute Gasteiger partial charge is 0.193 e. The predicted molar refractivity (Wildman–Crippen MR) is 122 cm³/mol. The van der Waals surface area contributed by atoms with Crippen molar-refractivity contribution in [2.24, 2.45) is 4.99 Å². The Morgan fingerprint density at radius 2 is 1.89 bits per heavy atom. The minimum atomic E-state index is 0. The van der Waals surface area contributed by atoms with Crippen molar-refractivity contribution in [2.45, 2.75) is 27.2 Å². The molecule has 2 rings (SSSR count). The van der Waals surface area contributed by atoms with Crippen LogP contribution in [0.25, 0.3) is 0 Å². The van der Waals surface area contributed by atoms with Crippen LogP contribution in [0.2, 0.25) is 0 Å². The van der Waals surface area contributed by atoms with Gasteiger partial charge < -0.3 is 24.2 Å². The van der Waals surface area contributed by atoms with Crippen molar-refractivity contribution in [3.63, 3.8) is 0 Å². The van der Waals surface area contributed by atoms with Gasteiger partial charge in [-0.3, -0.25) is 4.99 Å². The van der Waals surface area contributed by atoms with Crippen LogP contribution in [0.15, 0.2) is 33.8 Å². The van der Waals surface area contributed by atoms with E-state index in [0.29, 0.717) is 13.2 Å². The molecule has 1 N–H and O–H groups in total. The van der Waals surface area contributed by atoms with E-state index >= 15 is 0 Å². The van der Waals surface area contributed by atoms with Gasteiger partial charge in [-0.05, 0) is 51.5 Å². The summed E-state index contributed by atoms with van der Waals surface area (Å²) >= 11 is 0. The van der Waals surface area contributed by atoms with Crippen LogP contribution in [-0.2, 0) is 6.42 Å². The summed E-state index contributed by atoms with van der Waals surface area (Å²) in [6.45, 7) is 8.74. The first-order valence-corrected chi connectivity index (χ1v) is 9.23. The molecule has 28 heavy (non-hydrogen) atoms. The second kappa shape index (κ2) is 12.5. The molecule has 1 heterocycles. The van der Waals surface area contributed by atoms with E-state index in [1.165, 1.54) is 0 Å². The van der Waals surface area contributed by atoms with Crippen LogP contribution < -0.4 is 14.8 Å². The van der Waals surface area contributed by atoms with Crippen molar-refractivity contribution in [1.29, 1.82) is 0 Å².